The van der Waals surface area contributed by atoms with E-state index in [1.54, 1.807) is 29.0 Å². The van der Waals surface area contributed by atoms with Crippen molar-refractivity contribution >= 4 is 58.7 Å². The van der Waals surface area contributed by atoms with Crippen LogP contribution in [0, 0.1) is 0 Å². The van der Waals surface area contributed by atoms with Crippen LogP contribution < -0.4 is 0 Å². The normalized spacial score (nSPS) is 19.2. The summed E-state index contributed by atoms with van der Waals surface area (Å²) < 4.78 is 0. The molecule has 0 spiro atoms. The van der Waals surface area contributed by atoms with Gasteiger partial charge in [0, 0.05) is 31.6 Å². The number of carbonyl (C=O) groups is 2. The SMILES string of the molecule is CN(C=O)[C@@H]1CN(C(=O)c2cc(Cl)nc(Cl)c2)CC1c1ccc(Cl)c(Cl)c1. The number of nitrogens with zero attached hydrogens (tertiary/aromatic N) is 3. The number of pyridine rings is 1. The van der Waals surface area contributed by atoms with Gasteiger partial charge in [0.15, 0.2) is 0 Å². The van der Waals surface area contributed by atoms with E-state index in [0.29, 0.717) is 28.7 Å². The molecule has 2 amide bonds. The molecule has 9 heteroatoms. The van der Waals surface area contributed by atoms with Crippen molar-refractivity contribution < 1.29 is 9.59 Å². The number of carbonyl (C=O) groups excluding carboxylic acids is 2. The number of halogens is 4. The van der Waals surface area contributed by atoms with Gasteiger partial charge >= 0.3 is 0 Å². The number of benzene rings is 1. The van der Waals surface area contributed by atoms with Crippen LogP contribution in [-0.2, 0) is 4.79 Å². The summed E-state index contributed by atoms with van der Waals surface area (Å²) in [7, 11) is 1.69. The summed E-state index contributed by atoms with van der Waals surface area (Å²) in [5.41, 5.74) is 1.26. The lowest BCUT2D eigenvalue weighted by atomic mass is 9.94. The molecule has 1 unspecified atom stereocenters. The maximum Gasteiger partial charge on any atom is 0.254 e. The minimum atomic E-state index is -0.229. The molecular formula is C18H15Cl4N3O2. The number of likely N-dealkylation sites (N-methyl/N-ethyl adjacent to an activating group) is 1. The molecule has 142 valence electrons. The summed E-state index contributed by atoms with van der Waals surface area (Å²) in [4.78, 5) is 31.4. The molecule has 0 bridgehead atoms. The molecule has 0 N–H and O–H groups in total. The third kappa shape index (κ3) is 4.32. The molecule has 2 atom stereocenters. The maximum absolute atomic E-state index is 12.9. The number of aromatic nitrogens is 1. The Kier molecular flexibility index (Phi) is 6.16. The van der Waals surface area contributed by atoms with Crippen LogP contribution in [0.15, 0.2) is 30.3 Å². The highest BCUT2D eigenvalue weighted by molar-refractivity contribution is 6.42. The minimum absolute atomic E-state index is 0.105. The van der Waals surface area contributed by atoms with Gasteiger partial charge < -0.3 is 9.80 Å². The van der Waals surface area contributed by atoms with Crippen LogP contribution in [0.2, 0.25) is 20.4 Å². The molecule has 0 radical (unpaired) electrons. The Balaban J connectivity index is 1.91. The molecule has 1 saturated heterocycles. The van der Waals surface area contributed by atoms with Crippen molar-refractivity contribution in [1.29, 1.82) is 0 Å². The summed E-state index contributed by atoms with van der Waals surface area (Å²) in [6.45, 7) is 0.785. The Morgan fingerprint density at radius 3 is 2.37 bits per heavy atom. The molecule has 1 aliphatic rings. The summed E-state index contributed by atoms with van der Waals surface area (Å²) in [6, 6.07) is 8.09. The fourth-order valence-electron chi connectivity index (χ4n) is 3.28. The van der Waals surface area contributed by atoms with Crippen molar-refractivity contribution in [2.75, 3.05) is 20.1 Å². The van der Waals surface area contributed by atoms with Crippen LogP contribution in [0.1, 0.15) is 21.8 Å². The average Bonchev–Trinajstić information content (AvgIpc) is 3.07. The molecular weight excluding hydrogens is 432 g/mol. The van der Waals surface area contributed by atoms with Crippen molar-refractivity contribution in [2.45, 2.75) is 12.0 Å². The van der Waals surface area contributed by atoms with E-state index in [0.717, 1.165) is 12.0 Å². The molecule has 1 aromatic carbocycles. The highest BCUT2D eigenvalue weighted by atomic mass is 35.5. The summed E-state index contributed by atoms with van der Waals surface area (Å²) in [6.07, 6.45) is 0.753. The zero-order valence-electron chi connectivity index (χ0n) is 14.2. The molecule has 0 aliphatic carbocycles. The van der Waals surface area contributed by atoms with Crippen LogP contribution in [0.5, 0.6) is 0 Å². The molecule has 1 fully saturated rings. The fraction of sp³-hybridized carbons (Fsp3) is 0.278. The monoisotopic (exact) mass is 445 g/mol. The van der Waals surface area contributed by atoms with Crippen LogP contribution in [-0.4, -0.2) is 53.3 Å². The van der Waals surface area contributed by atoms with E-state index in [2.05, 4.69) is 4.98 Å². The Labute approximate surface area is 176 Å². The van der Waals surface area contributed by atoms with Crippen LogP contribution in [0.3, 0.4) is 0 Å². The number of hydrogen-bond acceptors (Lipinski definition) is 3. The Morgan fingerprint density at radius 2 is 1.78 bits per heavy atom. The van der Waals surface area contributed by atoms with Crippen molar-refractivity contribution in [2.24, 2.45) is 0 Å². The van der Waals surface area contributed by atoms with Gasteiger partial charge in [-0.15, -0.1) is 0 Å². The quantitative estimate of drug-likeness (QED) is 0.516. The van der Waals surface area contributed by atoms with E-state index in [1.165, 1.54) is 12.1 Å². The first kappa shape index (κ1) is 20.2. The molecule has 5 nitrogen and oxygen atoms in total. The summed E-state index contributed by atoms with van der Waals surface area (Å²) in [5, 5.41) is 1.17. The van der Waals surface area contributed by atoms with Gasteiger partial charge in [-0.1, -0.05) is 52.5 Å². The van der Waals surface area contributed by atoms with Gasteiger partial charge in [0.25, 0.3) is 5.91 Å². The molecule has 1 aliphatic heterocycles. The molecule has 2 heterocycles. The van der Waals surface area contributed by atoms with Crippen LogP contribution in [0.25, 0.3) is 0 Å². The van der Waals surface area contributed by atoms with E-state index in [1.807, 2.05) is 6.07 Å². The van der Waals surface area contributed by atoms with Gasteiger partial charge in [-0.25, -0.2) is 4.98 Å². The van der Waals surface area contributed by atoms with Gasteiger partial charge in [0.1, 0.15) is 10.3 Å². The fourth-order valence-corrected chi connectivity index (χ4v) is 4.05. The van der Waals surface area contributed by atoms with Crippen LogP contribution >= 0.6 is 46.4 Å². The predicted molar refractivity (Wildman–Crippen MR) is 107 cm³/mol. The third-order valence-corrected chi connectivity index (χ3v) is 5.77. The standard InChI is InChI=1S/C18H15Cl4N3O2/c1-24(9-26)15-8-25(18(27)11-5-16(21)23-17(22)6-11)7-12(15)10-2-3-13(19)14(20)4-10/h2-6,9,12,15H,7-8H2,1H3/t12?,15-/m1/s1. The van der Waals surface area contributed by atoms with E-state index >= 15 is 0 Å². The number of rotatable bonds is 4. The van der Waals surface area contributed by atoms with Gasteiger partial charge in [0.2, 0.25) is 6.41 Å². The van der Waals surface area contributed by atoms with E-state index in [4.69, 9.17) is 46.4 Å². The highest BCUT2D eigenvalue weighted by Crippen LogP contribution is 2.34. The minimum Gasteiger partial charge on any atom is -0.343 e. The second-order valence-corrected chi connectivity index (χ2v) is 7.92. The second kappa shape index (κ2) is 8.23. The second-order valence-electron chi connectivity index (χ2n) is 6.33. The first-order chi connectivity index (χ1) is 12.8. The Morgan fingerprint density at radius 1 is 1.11 bits per heavy atom. The van der Waals surface area contributed by atoms with Gasteiger partial charge in [-0.3, -0.25) is 9.59 Å². The zero-order chi connectivity index (χ0) is 19.7. The van der Waals surface area contributed by atoms with Crippen molar-refractivity contribution in [1.82, 2.24) is 14.8 Å². The largest absolute Gasteiger partial charge is 0.343 e. The van der Waals surface area contributed by atoms with Crippen LogP contribution in [0.4, 0.5) is 0 Å². The number of hydrogen-bond donors (Lipinski definition) is 0. The van der Waals surface area contributed by atoms with E-state index in [9.17, 15) is 9.59 Å². The van der Waals surface area contributed by atoms with Crippen molar-refractivity contribution in [3.63, 3.8) is 0 Å². The topological polar surface area (TPSA) is 53.5 Å². The first-order valence-corrected chi connectivity index (χ1v) is 9.56. The van der Waals surface area contributed by atoms with E-state index < -0.39 is 0 Å². The smallest absolute Gasteiger partial charge is 0.254 e. The third-order valence-electron chi connectivity index (χ3n) is 4.65. The van der Waals surface area contributed by atoms with Gasteiger partial charge in [-0.2, -0.15) is 0 Å². The Hall–Kier alpha value is -1.53. The lowest BCUT2D eigenvalue weighted by molar-refractivity contribution is -0.118. The molecule has 2 aromatic rings. The summed E-state index contributed by atoms with van der Waals surface area (Å²) >= 11 is 24.0. The lowest BCUT2D eigenvalue weighted by Gasteiger charge is -2.25. The predicted octanol–water partition coefficient (Wildman–Crippen LogP) is 4.39. The van der Waals surface area contributed by atoms with Gasteiger partial charge in [0.05, 0.1) is 16.1 Å². The first-order valence-electron chi connectivity index (χ1n) is 8.04. The molecule has 1 aromatic heterocycles. The van der Waals surface area contributed by atoms with Crippen molar-refractivity contribution in [3.05, 3.63) is 61.8 Å². The Bertz CT molecular complexity index is 873. The average molecular weight is 447 g/mol. The van der Waals surface area contributed by atoms with E-state index in [-0.39, 0.29) is 28.2 Å². The molecule has 0 saturated carbocycles. The molecule has 27 heavy (non-hydrogen) atoms. The van der Waals surface area contributed by atoms with Gasteiger partial charge in [-0.05, 0) is 29.8 Å². The highest BCUT2D eigenvalue weighted by Gasteiger charge is 2.38. The number of likely N-dealkylation sites (tertiary alicyclic amines) is 1. The molecule has 3 rings (SSSR count). The maximum atomic E-state index is 12.9. The van der Waals surface area contributed by atoms with Crippen molar-refractivity contribution in [3.8, 4) is 0 Å². The zero-order valence-corrected chi connectivity index (χ0v) is 17.2. The lowest BCUT2D eigenvalue weighted by Crippen LogP contribution is -2.37. The number of amides is 2. The summed E-state index contributed by atoms with van der Waals surface area (Å²) in [5.74, 6) is -0.334.